The number of halogens is 1. The summed E-state index contributed by atoms with van der Waals surface area (Å²) < 4.78 is 23.8. The lowest BCUT2D eigenvalue weighted by Crippen LogP contribution is -2.47. The number of nitrogens with one attached hydrogen (secondary N) is 1. The maximum Gasteiger partial charge on any atom is 0.252 e. The Balaban J connectivity index is 1.66. The largest absolute Gasteiger partial charge is 0.497 e. The maximum atomic E-state index is 14.0. The molecule has 0 fully saturated rings. The molecule has 1 heterocycles. The van der Waals surface area contributed by atoms with Crippen molar-refractivity contribution in [2.45, 2.75) is 31.0 Å². The number of amides is 1. The highest BCUT2D eigenvalue weighted by atomic mass is 79.9. The van der Waals surface area contributed by atoms with Crippen molar-refractivity contribution in [2.75, 3.05) is 27.4 Å². The van der Waals surface area contributed by atoms with Crippen molar-refractivity contribution < 1.29 is 28.8 Å². The van der Waals surface area contributed by atoms with E-state index in [0.29, 0.717) is 41.7 Å². The zero-order chi connectivity index (χ0) is 28.5. The summed E-state index contributed by atoms with van der Waals surface area (Å²) in [6.45, 7) is 4.63. The number of aliphatic hydroxyl groups is 1. The van der Waals surface area contributed by atoms with Crippen LogP contribution in [0.3, 0.4) is 0 Å². The van der Waals surface area contributed by atoms with Crippen LogP contribution < -0.4 is 19.5 Å². The van der Waals surface area contributed by atoms with Gasteiger partial charge in [-0.1, -0.05) is 34.1 Å². The number of carbonyl (C=O) groups excluding carboxylic acids is 1. The molecular formula is C31H33BrN2O6. The van der Waals surface area contributed by atoms with Crippen LogP contribution in [0, 0.1) is 0 Å². The molecule has 0 saturated heterocycles. The molecule has 3 aromatic carbocycles. The van der Waals surface area contributed by atoms with Gasteiger partial charge in [-0.05, 0) is 54.1 Å². The topological polar surface area (TPSA) is 98.6 Å². The molecule has 40 heavy (non-hydrogen) atoms. The molecule has 4 rings (SSSR count). The Morgan fingerprint density at radius 3 is 2.48 bits per heavy atom. The van der Waals surface area contributed by atoms with Crippen molar-refractivity contribution in [3.63, 3.8) is 0 Å². The van der Waals surface area contributed by atoms with Crippen molar-refractivity contribution >= 4 is 27.7 Å². The smallest absolute Gasteiger partial charge is 0.252 e. The minimum atomic E-state index is -1.29. The van der Waals surface area contributed by atoms with E-state index in [-0.39, 0.29) is 25.5 Å². The summed E-state index contributed by atoms with van der Waals surface area (Å²) in [7, 11) is 3.16. The third-order valence-electron chi connectivity index (χ3n) is 6.59. The molecule has 2 N–H and O–H groups in total. The number of hydrogen-bond donors (Lipinski definition) is 2. The predicted molar refractivity (Wildman–Crippen MR) is 157 cm³/mol. The second-order valence-electron chi connectivity index (χ2n) is 9.19. The molecule has 0 spiro atoms. The van der Waals surface area contributed by atoms with E-state index in [1.807, 2.05) is 60.7 Å². The van der Waals surface area contributed by atoms with Crippen LogP contribution in [0.25, 0.3) is 0 Å². The van der Waals surface area contributed by atoms with E-state index in [2.05, 4.69) is 27.8 Å². The van der Waals surface area contributed by atoms with E-state index >= 15 is 0 Å². The molecule has 0 aromatic heterocycles. The Bertz CT molecular complexity index is 1340. The van der Waals surface area contributed by atoms with Crippen molar-refractivity contribution in [1.29, 1.82) is 0 Å². The van der Waals surface area contributed by atoms with Gasteiger partial charge in [-0.25, -0.2) is 4.99 Å². The summed E-state index contributed by atoms with van der Waals surface area (Å²) in [6, 6.07) is 20.4. The second kappa shape index (κ2) is 13.5. The van der Waals surface area contributed by atoms with E-state index in [9.17, 15) is 4.79 Å². The standard InChI is InChI=1S/C31H33BrN2O6/c1-4-16-31(30(36)33-20-23-10-15-26(37-2)19-27(23)38-3)28(21-6-11-24(32)12-7-21)40-29(34-31)22-8-13-25(14-9-22)39-18-5-17-35/h4,6-15,19,28,35H,1,5,16-18,20H2,2-3H3,(H,33,36)/t28-,31-/m1/s1. The lowest BCUT2D eigenvalue weighted by atomic mass is 9.84. The van der Waals surface area contributed by atoms with Gasteiger partial charge in [0.2, 0.25) is 5.90 Å². The van der Waals surface area contributed by atoms with Gasteiger partial charge >= 0.3 is 0 Å². The zero-order valence-corrected chi connectivity index (χ0v) is 24.1. The highest BCUT2D eigenvalue weighted by molar-refractivity contribution is 9.10. The van der Waals surface area contributed by atoms with Gasteiger partial charge in [-0.15, -0.1) is 6.58 Å². The van der Waals surface area contributed by atoms with Crippen molar-refractivity contribution in [1.82, 2.24) is 5.32 Å². The van der Waals surface area contributed by atoms with Crippen LogP contribution in [0.4, 0.5) is 0 Å². The average Bonchev–Trinajstić information content (AvgIpc) is 3.37. The van der Waals surface area contributed by atoms with Gasteiger partial charge in [0.05, 0.1) is 20.8 Å². The predicted octanol–water partition coefficient (Wildman–Crippen LogP) is 5.38. The number of hydrogen-bond acceptors (Lipinski definition) is 7. The van der Waals surface area contributed by atoms with Gasteiger partial charge in [0, 0.05) is 47.7 Å². The fourth-order valence-corrected chi connectivity index (χ4v) is 4.76. The molecule has 9 heteroatoms. The van der Waals surface area contributed by atoms with E-state index < -0.39 is 11.6 Å². The third-order valence-corrected chi connectivity index (χ3v) is 7.12. The van der Waals surface area contributed by atoms with Crippen LogP contribution >= 0.6 is 15.9 Å². The van der Waals surface area contributed by atoms with Gasteiger partial charge < -0.3 is 29.4 Å². The Labute approximate surface area is 242 Å². The third kappa shape index (κ3) is 6.48. The van der Waals surface area contributed by atoms with Crippen LogP contribution in [0.5, 0.6) is 17.2 Å². The fourth-order valence-electron chi connectivity index (χ4n) is 4.50. The molecule has 8 nitrogen and oxygen atoms in total. The summed E-state index contributed by atoms with van der Waals surface area (Å²) >= 11 is 3.48. The van der Waals surface area contributed by atoms with E-state index in [1.165, 1.54) is 0 Å². The number of aliphatic hydroxyl groups excluding tert-OH is 1. The van der Waals surface area contributed by atoms with Crippen molar-refractivity contribution in [3.05, 3.63) is 101 Å². The average molecular weight is 610 g/mol. The first-order chi connectivity index (χ1) is 19.4. The first-order valence-corrected chi connectivity index (χ1v) is 13.7. The first-order valence-electron chi connectivity index (χ1n) is 12.9. The van der Waals surface area contributed by atoms with Crippen LogP contribution in [-0.2, 0) is 16.1 Å². The normalized spacial score (nSPS) is 17.9. The lowest BCUT2D eigenvalue weighted by Gasteiger charge is -2.30. The number of methoxy groups -OCH3 is 2. The molecular weight excluding hydrogens is 576 g/mol. The highest BCUT2D eigenvalue weighted by Gasteiger charge is 2.52. The quantitative estimate of drug-likeness (QED) is 0.200. The number of aliphatic imine (C=N–C) groups is 1. The van der Waals surface area contributed by atoms with Crippen molar-refractivity contribution in [3.8, 4) is 17.2 Å². The molecule has 1 aliphatic heterocycles. The van der Waals surface area contributed by atoms with Crippen LogP contribution in [-0.4, -0.2) is 49.9 Å². The maximum absolute atomic E-state index is 14.0. The summed E-state index contributed by atoms with van der Waals surface area (Å²) in [4.78, 5) is 18.9. The van der Waals surface area contributed by atoms with Gasteiger partial charge in [0.15, 0.2) is 11.6 Å². The van der Waals surface area contributed by atoms with Gasteiger partial charge in [-0.3, -0.25) is 4.79 Å². The van der Waals surface area contributed by atoms with Crippen molar-refractivity contribution in [2.24, 2.45) is 4.99 Å². The molecule has 3 aromatic rings. The Kier molecular flexibility index (Phi) is 9.84. The molecule has 1 aliphatic rings. The summed E-state index contributed by atoms with van der Waals surface area (Å²) in [5, 5.41) is 12.0. The molecule has 0 bridgehead atoms. The fraction of sp³-hybridized carbons (Fsp3) is 0.290. The minimum Gasteiger partial charge on any atom is -0.497 e. The Morgan fingerprint density at radius 2 is 1.82 bits per heavy atom. The summed E-state index contributed by atoms with van der Waals surface area (Å²) in [6.07, 6.45) is 1.80. The van der Waals surface area contributed by atoms with Crippen LogP contribution in [0.15, 0.2) is 88.9 Å². The molecule has 2 atom stereocenters. The summed E-state index contributed by atoms with van der Waals surface area (Å²) in [5.41, 5.74) is 1.03. The first kappa shape index (κ1) is 29.2. The van der Waals surface area contributed by atoms with E-state index in [0.717, 1.165) is 15.6 Å². The zero-order valence-electron chi connectivity index (χ0n) is 22.6. The van der Waals surface area contributed by atoms with Gasteiger partial charge in [0.25, 0.3) is 5.91 Å². The van der Waals surface area contributed by atoms with Crippen LogP contribution in [0.1, 0.15) is 35.6 Å². The lowest BCUT2D eigenvalue weighted by molar-refractivity contribution is -0.129. The Morgan fingerprint density at radius 1 is 1.10 bits per heavy atom. The molecule has 0 saturated carbocycles. The Hall–Kier alpha value is -3.82. The molecule has 0 radical (unpaired) electrons. The van der Waals surface area contributed by atoms with Gasteiger partial charge in [0.1, 0.15) is 17.2 Å². The SMILES string of the molecule is C=CC[C@@]1(C(=O)NCc2ccc(OC)cc2OC)N=C(c2ccc(OCCCO)cc2)O[C@@H]1c1ccc(Br)cc1. The van der Waals surface area contributed by atoms with E-state index in [1.54, 1.807) is 26.4 Å². The number of nitrogens with zero attached hydrogens (tertiary/aromatic N) is 1. The second-order valence-corrected chi connectivity index (χ2v) is 10.1. The highest BCUT2D eigenvalue weighted by Crippen LogP contribution is 2.43. The number of benzene rings is 3. The monoisotopic (exact) mass is 608 g/mol. The summed E-state index contributed by atoms with van der Waals surface area (Å²) in [5.74, 6) is 2.00. The number of rotatable bonds is 13. The minimum absolute atomic E-state index is 0.0683. The molecule has 1 amide bonds. The van der Waals surface area contributed by atoms with Crippen LogP contribution in [0.2, 0.25) is 0 Å². The van der Waals surface area contributed by atoms with E-state index in [4.69, 9.17) is 29.0 Å². The number of ether oxygens (including phenoxy) is 4. The van der Waals surface area contributed by atoms with Gasteiger partial charge in [-0.2, -0.15) is 0 Å². The molecule has 0 aliphatic carbocycles. The number of carbonyl (C=O) groups is 1. The molecule has 210 valence electrons. The molecule has 0 unspecified atom stereocenters.